The number of nitrogens with two attached hydrogens (primary N) is 1. The number of carbonyl (C=O) groups excluding carboxylic acids is 1. The van der Waals surface area contributed by atoms with Gasteiger partial charge in [-0.2, -0.15) is 4.68 Å². The Hall–Kier alpha value is -3.90. The van der Waals surface area contributed by atoms with Gasteiger partial charge in [0.25, 0.3) is 5.56 Å². The zero-order valence-corrected chi connectivity index (χ0v) is 19.3. The van der Waals surface area contributed by atoms with Crippen molar-refractivity contribution in [1.29, 1.82) is 0 Å². The first kappa shape index (κ1) is 23.3. The number of rotatable bonds is 8. The number of hydrogen-bond acceptors (Lipinski definition) is 9. The van der Waals surface area contributed by atoms with Crippen molar-refractivity contribution < 1.29 is 18.7 Å². The lowest BCUT2D eigenvalue weighted by Gasteiger charge is -2.07. The summed E-state index contributed by atoms with van der Waals surface area (Å²) in [6.07, 6.45) is 0.219. The molecule has 0 saturated carbocycles. The zero-order chi connectivity index (χ0) is 24.2. The molecule has 0 aliphatic carbocycles. The van der Waals surface area contributed by atoms with Crippen LogP contribution in [0.4, 0.5) is 0 Å². The molecule has 0 unspecified atom stereocenters. The SMILES string of the molecule is COc1ccc(-[n+]2[nH]oc(=O)c2C(=O)CSc2nnc(Cc3ccc(Cl)cc3)c(=O)n2N)cc1. The maximum Gasteiger partial charge on any atom is 0.438 e. The predicted molar refractivity (Wildman–Crippen MR) is 123 cm³/mol. The molecule has 0 saturated heterocycles. The second kappa shape index (κ2) is 9.93. The van der Waals surface area contributed by atoms with Crippen LogP contribution in [0.1, 0.15) is 21.7 Å². The van der Waals surface area contributed by atoms with E-state index in [1.54, 1.807) is 48.5 Å². The smallest absolute Gasteiger partial charge is 0.438 e. The third-order valence-corrected chi connectivity index (χ3v) is 5.98. The predicted octanol–water partition coefficient (Wildman–Crippen LogP) is 1.14. The summed E-state index contributed by atoms with van der Waals surface area (Å²) in [6.45, 7) is 0. The number of thioether (sulfide) groups is 1. The molecule has 0 fully saturated rings. The number of benzene rings is 2. The van der Waals surface area contributed by atoms with Gasteiger partial charge in [0.05, 0.1) is 12.9 Å². The summed E-state index contributed by atoms with van der Waals surface area (Å²) >= 11 is 6.75. The normalized spacial score (nSPS) is 10.9. The molecule has 34 heavy (non-hydrogen) atoms. The highest BCUT2D eigenvalue weighted by atomic mass is 35.5. The van der Waals surface area contributed by atoms with Gasteiger partial charge >= 0.3 is 11.3 Å². The number of Topliss-reactive ketones (excluding diaryl/α,β-unsaturated/α-hetero) is 1. The van der Waals surface area contributed by atoms with Gasteiger partial charge in [-0.1, -0.05) is 35.5 Å². The van der Waals surface area contributed by atoms with E-state index in [0.29, 0.717) is 16.5 Å². The largest absolute Gasteiger partial charge is 0.497 e. The molecule has 2 heterocycles. The van der Waals surface area contributed by atoms with Gasteiger partial charge < -0.3 is 10.6 Å². The number of carbonyl (C=O) groups is 1. The van der Waals surface area contributed by atoms with Gasteiger partial charge in [-0.05, 0) is 39.8 Å². The molecule has 0 aliphatic heterocycles. The number of halogens is 1. The molecular formula is C21H18ClN6O5S+. The standard InChI is InChI=1S/C21H17ClN6O5S/c1-32-15-8-6-14(7-9-15)28-18(20(31)33-26-28)17(29)11-34-21-25-24-16(19(30)27(21)23)10-12-2-4-13(22)5-3-12/h2-9H,10-11,23H2,1H3/p+1. The van der Waals surface area contributed by atoms with E-state index in [1.807, 2.05) is 0 Å². The van der Waals surface area contributed by atoms with Gasteiger partial charge in [0, 0.05) is 23.6 Å². The summed E-state index contributed by atoms with van der Waals surface area (Å²) < 4.78 is 12.0. The first-order valence-corrected chi connectivity index (χ1v) is 11.2. The molecular weight excluding hydrogens is 484 g/mol. The van der Waals surface area contributed by atoms with Crippen molar-refractivity contribution in [2.75, 3.05) is 18.7 Å². The van der Waals surface area contributed by atoms with Crippen LogP contribution in [0.3, 0.4) is 0 Å². The molecule has 0 radical (unpaired) electrons. The van der Waals surface area contributed by atoms with Crippen molar-refractivity contribution in [2.24, 2.45) is 0 Å². The van der Waals surface area contributed by atoms with Crippen LogP contribution in [-0.4, -0.2) is 38.8 Å². The van der Waals surface area contributed by atoms with E-state index < -0.39 is 17.0 Å². The Kier molecular flexibility index (Phi) is 6.80. The van der Waals surface area contributed by atoms with E-state index in [1.165, 1.54) is 11.8 Å². The third-order valence-electron chi connectivity index (χ3n) is 4.79. The van der Waals surface area contributed by atoms with Gasteiger partial charge in [-0.15, -0.1) is 10.2 Å². The minimum atomic E-state index is -0.837. The minimum Gasteiger partial charge on any atom is -0.497 e. The summed E-state index contributed by atoms with van der Waals surface area (Å²) in [4.78, 5) is 37.6. The lowest BCUT2D eigenvalue weighted by molar-refractivity contribution is -0.672. The molecule has 13 heteroatoms. The average Bonchev–Trinajstić information content (AvgIpc) is 3.24. The fraction of sp³-hybridized carbons (Fsp3) is 0.143. The monoisotopic (exact) mass is 501 g/mol. The number of ether oxygens (including phenoxy) is 1. The topological polar surface area (TPSA) is 150 Å². The number of methoxy groups -OCH3 is 1. The first-order valence-electron chi connectivity index (χ1n) is 9.79. The van der Waals surface area contributed by atoms with Crippen LogP contribution in [0.2, 0.25) is 5.02 Å². The third kappa shape index (κ3) is 4.87. The van der Waals surface area contributed by atoms with Crippen molar-refractivity contribution >= 4 is 29.1 Å². The Labute approximate surface area is 201 Å². The van der Waals surface area contributed by atoms with E-state index in [-0.39, 0.29) is 28.7 Å². The maximum absolute atomic E-state index is 12.8. The molecule has 3 N–H and O–H groups in total. The van der Waals surface area contributed by atoms with Crippen molar-refractivity contribution in [2.45, 2.75) is 11.6 Å². The van der Waals surface area contributed by atoms with Crippen molar-refractivity contribution in [3.63, 3.8) is 0 Å². The second-order valence-corrected chi connectivity index (χ2v) is 8.36. The van der Waals surface area contributed by atoms with E-state index >= 15 is 0 Å². The molecule has 0 bridgehead atoms. The minimum absolute atomic E-state index is 0.0223. The Morgan fingerprint density at radius 2 is 1.88 bits per heavy atom. The zero-order valence-electron chi connectivity index (χ0n) is 17.7. The van der Waals surface area contributed by atoms with Gasteiger partial charge in [0.15, 0.2) is 0 Å². The molecule has 0 aliphatic rings. The molecule has 0 atom stereocenters. The summed E-state index contributed by atoms with van der Waals surface area (Å²) in [5.74, 6) is 5.70. The highest BCUT2D eigenvalue weighted by molar-refractivity contribution is 7.99. The highest BCUT2D eigenvalue weighted by Gasteiger charge is 2.31. The quantitative estimate of drug-likeness (QED) is 0.157. The van der Waals surface area contributed by atoms with E-state index in [2.05, 4.69) is 15.5 Å². The molecule has 0 spiro atoms. The molecule has 0 amide bonds. The summed E-state index contributed by atoms with van der Waals surface area (Å²) in [6, 6.07) is 13.6. The number of nitrogen functional groups attached to an aromatic ring is 1. The number of nitrogens with zero attached hydrogens (tertiary/aromatic N) is 4. The molecule has 4 aromatic rings. The van der Waals surface area contributed by atoms with Crippen molar-refractivity contribution in [3.8, 4) is 11.4 Å². The average molecular weight is 502 g/mol. The van der Waals surface area contributed by atoms with Crippen molar-refractivity contribution in [1.82, 2.24) is 20.1 Å². The number of H-pyrrole nitrogens is 1. The maximum atomic E-state index is 12.8. The number of aromatic amines is 1. The Bertz CT molecular complexity index is 1450. The van der Waals surface area contributed by atoms with E-state index in [0.717, 1.165) is 22.0 Å². The molecule has 174 valence electrons. The van der Waals surface area contributed by atoms with Crippen LogP contribution in [0.15, 0.2) is 67.8 Å². The Morgan fingerprint density at radius 3 is 2.56 bits per heavy atom. The highest BCUT2D eigenvalue weighted by Crippen LogP contribution is 2.15. The summed E-state index contributed by atoms with van der Waals surface area (Å²) in [5, 5.41) is 10.9. The summed E-state index contributed by atoms with van der Waals surface area (Å²) in [7, 11) is 1.53. The fourth-order valence-corrected chi connectivity index (χ4v) is 3.89. The van der Waals surface area contributed by atoms with Crippen LogP contribution in [-0.2, 0) is 6.42 Å². The van der Waals surface area contributed by atoms with Crippen LogP contribution in [0, 0.1) is 0 Å². The Balaban J connectivity index is 1.51. The van der Waals surface area contributed by atoms with Gasteiger partial charge in [-0.3, -0.25) is 14.1 Å². The van der Waals surface area contributed by atoms with Crippen LogP contribution in [0.25, 0.3) is 5.69 Å². The molecule has 4 rings (SSSR count). The lowest BCUT2D eigenvalue weighted by atomic mass is 10.1. The number of aromatic nitrogens is 5. The van der Waals surface area contributed by atoms with Crippen LogP contribution >= 0.6 is 23.4 Å². The number of hydrogen-bond donors (Lipinski definition) is 2. The van der Waals surface area contributed by atoms with Crippen molar-refractivity contribution in [3.05, 3.63) is 91.3 Å². The van der Waals surface area contributed by atoms with Crippen LogP contribution < -0.4 is 26.4 Å². The number of ketones is 1. The molecule has 2 aromatic heterocycles. The van der Waals surface area contributed by atoms with Gasteiger partial charge in [0.1, 0.15) is 11.4 Å². The van der Waals surface area contributed by atoms with Gasteiger partial charge in [0.2, 0.25) is 16.6 Å². The van der Waals surface area contributed by atoms with Crippen LogP contribution in [0.5, 0.6) is 5.75 Å². The molecule has 11 nitrogen and oxygen atoms in total. The van der Waals surface area contributed by atoms with E-state index in [9.17, 15) is 14.4 Å². The second-order valence-electron chi connectivity index (χ2n) is 6.98. The van der Waals surface area contributed by atoms with E-state index in [4.69, 9.17) is 26.7 Å². The molecule has 2 aromatic carbocycles. The first-order chi connectivity index (χ1) is 16.4. The lowest BCUT2D eigenvalue weighted by Crippen LogP contribution is -2.41. The number of nitrogens with one attached hydrogen (secondary N) is 1. The Morgan fingerprint density at radius 1 is 1.18 bits per heavy atom. The fourth-order valence-electron chi connectivity index (χ4n) is 3.05. The summed E-state index contributed by atoms with van der Waals surface area (Å²) in [5.41, 5.74) is -0.166. The van der Waals surface area contributed by atoms with Gasteiger partial charge in [-0.25, -0.2) is 4.79 Å².